The van der Waals surface area contributed by atoms with Gasteiger partial charge in [0, 0.05) is 24.4 Å². The van der Waals surface area contributed by atoms with Gasteiger partial charge in [-0.05, 0) is 36.8 Å². The van der Waals surface area contributed by atoms with E-state index in [4.69, 9.17) is 0 Å². The number of hydrogen-bond donors (Lipinski definition) is 0. The molecule has 0 aromatic heterocycles. The molecule has 0 spiro atoms. The molecule has 2 atom stereocenters. The van der Waals surface area contributed by atoms with Crippen molar-refractivity contribution >= 4 is 29.5 Å². The predicted molar refractivity (Wildman–Crippen MR) is 90.4 cm³/mol. The van der Waals surface area contributed by atoms with Crippen molar-refractivity contribution in [2.75, 3.05) is 19.3 Å². The number of aryl methyl sites for hydroxylation is 1. The van der Waals surface area contributed by atoms with E-state index < -0.39 is 0 Å². The molecule has 2 saturated heterocycles. The monoisotopic (exact) mass is 344 g/mol. The summed E-state index contributed by atoms with van der Waals surface area (Å²) >= 11 is 1.70. The molecule has 0 radical (unpaired) electrons. The molecule has 0 bridgehead atoms. The smallest absolute Gasteiger partial charge is 0.233 e. The van der Waals surface area contributed by atoms with Crippen molar-refractivity contribution in [1.82, 2.24) is 9.80 Å². The van der Waals surface area contributed by atoms with E-state index in [2.05, 4.69) is 24.3 Å². The Morgan fingerprint density at radius 1 is 1.12 bits per heavy atom. The number of rotatable bonds is 5. The Bertz CT molecular complexity index is 677. The van der Waals surface area contributed by atoms with Gasteiger partial charge in [0.05, 0.1) is 17.9 Å². The highest BCUT2D eigenvalue weighted by molar-refractivity contribution is 7.98. The van der Waals surface area contributed by atoms with Gasteiger partial charge in [-0.15, -0.1) is 11.8 Å². The zero-order valence-electron chi connectivity index (χ0n) is 13.6. The van der Waals surface area contributed by atoms with E-state index in [1.165, 1.54) is 9.80 Å². The highest BCUT2D eigenvalue weighted by Crippen LogP contribution is 2.48. The van der Waals surface area contributed by atoms with E-state index in [-0.39, 0.29) is 35.6 Å². The minimum absolute atomic E-state index is 0.0176. The van der Waals surface area contributed by atoms with Crippen molar-refractivity contribution in [2.24, 2.45) is 11.8 Å². The second kappa shape index (κ2) is 5.92. The molecule has 2 aliphatic heterocycles. The molecule has 1 aromatic carbocycles. The first-order valence-electron chi connectivity index (χ1n) is 8.36. The van der Waals surface area contributed by atoms with Gasteiger partial charge < -0.3 is 4.90 Å². The number of imide groups is 1. The molecular formula is C18H20N2O3S. The fourth-order valence-corrected chi connectivity index (χ4v) is 4.00. The summed E-state index contributed by atoms with van der Waals surface area (Å²) in [7, 11) is 0. The molecule has 1 aromatic rings. The van der Waals surface area contributed by atoms with E-state index in [1.54, 1.807) is 16.7 Å². The van der Waals surface area contributed by atoms with Gasteiger partial charge in [0.1, 0.15) is 0 Å². The van der Waals surface area contributed by atoms with E-state index in [0.717, 1.165) is 18.4 Å². The summed E-state index contributed by atoms with van der Waals surface area (Å²) in [5.41, 5.74) is 1.16. The molecule has 1 saturated carbocycles. The Balaban J connectivity index is 1.25. The molecule has 1 aliphatic carbocycles. The molecule has 2 unspecified atom stereocenters. The van der Waals surface area contributed by atoms with Crippen LogP contribution in [0.5, 0.6) is 0 Å². The largest absolute Gasteiger partial charge is 0.338 e. The van der Waals surface area contributed by atoms with Crippen molar-refractivity contribution in [3.8, 4) is 0 Å². The maximum atomic E-state index is 12.3. The van der Waals surface area contributed by atoms with Gasteiger partial charge in [-0.1, -0.05) is 12.1 Å². The third-order valence-corrected chi connectivity index (χ3v) is 6.01. The van der Waals surface area contributed by atoms with E-state index in [9.17, 15) is 14.4 Å². The maximum Gasteiger partial charge on any atom is 0.233 e. The molecular weight excluding hydrogens is 324 g/mol. The number of amides is 3. The van der Waals surface area contributed by atoms with Crippen LogP contribution in [0.3, 0.4) is 0 Å². The van der Waals surface area contributed by atoms with Crippen molar-refractivity contribution < 1.29 is 14.4 Å². The molecule has 0 N–H and O–H groups in total. The van der Waals surface area contributed by atoms with Crippen LogP contribution in [0, 0.1) is 11.8 Å². The summed E-state index contributed by atoms with van der Waals surface area (Å²) in [6, 6.07) is 8.17. The number of carbonyl (C=O) groups is 3. The third-order valence-electron chi connectivity index (χ3n) is 5.27. The van der Waals surface area contributed by atoms with Gasteiger partial charge in [-0.2, -0.15) is 0 Å². The molecule has 6 heteroatoms. The van der Waals surface area contributed by atoms with E-state index in [1.807, 2.05) is 6.26 Å². The topological polar surface area (TPSA) is 57.7 Å². The third kappa shape index (κ3) is 2.62. The minimum Gasteiger partial charge on any atom is -0.338 e. The van der Waals surface area contributed by atoms with Gasteiger partial charge in [0.2, 0.25) is 17.7 Å². The van der Waals surface area contributed by atoms with Crippen LogP contribution < -0.4 is 0 Å². The number of nitrogens with zero attached hydrogens (tertiary/aromatic N) is 2. The Kier molecular flexibility index (Phi) is 3.87. The van der Waals surface area contributed by atoms with Gasteiger partial charge in [-0.25, -0.2) is 0 Å². The summed E-state index contributed by atoms with van der Waals surface area (Å²) in [5.74, 6) is -0.0329. The number of hydrogen-bond acceptors (Lipinski definition) is 4. The Hall–Kier alpha value is -1.82. The van der Waals surface area contributed by atoms with Crippen LogP contribution in [0.2, 0.25) is 0 Å². The number of fused-ring (bicyclic) bond motifs is 1. The Morgan fingerprint density at radius 3 is 2.33 bits per heavy atom. The lowest BCUT2D eigenvalue weighted by Gasteiger charge is -2.43. The molecule has 3 amide bonds. The fourth-order valence-electron chi connectivity index (χ4n) is 3.59. The predicted octanol–water partition coefficient (Wildman–Crippen LogP) is 1.56. The van der Waals surface area contributed by atoms with Crippen LogP contribution in [-0.2, 0) is 20.8 Å². The van der Waals surface area contributed by atoms with Crippen LogP contribution in [-0.4, -0.2) is 52.9 Å². The lowest BCUT2D eigenvalue weighted by atomic mass is 10.0. The number of benzene rings is 1. The van der Waals surface area contributed by atoms with E-state index >= 15 is 0 Å². The number of carbonyl (C=O) groups excluding carboxylic acids is 3. The first-order chi connectivity index (χ1) is 11.6. The fraction of sp³-hybridized carbons (Fsp3) is 0.500. The van der Waals surface area contributed by atoms with Gasteiger partial charge >= 0.3 is 0 Å². The zero-order valence-corrected chi connectivity index (χ0v) is 14.4. The summed E-state index contributed by atoms with van der Waals surface area (Å²) < 4.78 is 0. The highest BCUT2D eigenvalue weighted by Gasteiger charge is 2.61. The Labute approximate surface area is 145 Å². The van der Waals surface area contributed by atoms with Gasteiger partial charge in [0.15, 0.2) is 0 Å². The van der Waals surface area contributed by atoms with Crippen molar-refractivity contribution in [2.45, 2.75) is 30.2 Å². The van der Waals surface area contributed by atoms with Crippen molar-refractivity contribution in [3.05, 3.63) is 29.8 Å². The number of likely N-dealkylation sites (tertiary alicyclic amines) is 2. The van der Waals surface area contributed by atoms with Crippen molar-refractivity contribution in [3.63, 3.8) is 0 Å². The highest BCUT2D eigenvalue weighted by atomic mass is 32.2. The summed E-state index contributed by atoms with van der Waals surface area (Å²) in [5, 5.41) is 0. The second-order valence-corrected chi connectivity index (χ2v) is 7.68. The summed E-state index contributed by atoms with van der Waals surface area (Å²) in [4.78, 5) is 40.7. The van der Waals surface area contributed by atoms with Crippen molar-refractivity contribution in [1.29, 1.82) is 0 Å². The molecule has 126 valence electrons. The van der Waals surface area contributed by atoms with Gasteiger partial charge in [0.25, 0.3) is 0 Å². The first-order valence-corrected chi connectivity index (χ1v) is 9.58. The lowest BCUT2D eigenvalue weighted by molar-refractivity contribution is -0.153. The van der Waals surface area contributed by atoms with Crippen LogP contribution in [0.4, 0.5) is 0 Å². The van der Waals surface area contributed by atoms with Crippen LogP contribution >= 0.6 is 11.8 Å². The molecule has 3 fully saturated rings. The maximum absolute atomic E-state index is 12.3. The quantitative estimate of drug-likeness (QED) is 0.601. The zero-order chi connectivity index (χ0) is 16.8. The van der Waals surface area contributed by atoms with Gasteiger partial charge in [-0.3, -0.25) is 19.3 Å². The second-order valence-electron chi connectivity index (χ2n) is 6.80. The Morgan fingerprint density at radius 2 is 1.75 bits per heavy atom. The lowest BCUT2D eigenvalue weighted by Crippen LogP contribution is -2.62. The van der Waals surface area contributed by atoms with E-state index in [0.29, 0.717) is 19.5 Å². The minimum atomic E-state index is -0.0948. The molecule has 2 heterocycles. The standard InChI is InChI=1S/C18H20N2O3S/c1-24-13-5-2-11(3-6-13)4-7-16(21)19-9-12(10-19)20-17(22)14-8-15(14)18(20)23/h2-3,5-6,12,14-15H,4,7-10H2,1H3. The number of thioether (sulfide) groups is 1. The molecule has 4 rings (SSSR count). The average Bonchev–Trinajstić information content (AvgIpc) is 3.31. The van der Waals surface area contributed by atoms with Crippen LogP contribution in [0.15, 0.2) is 29.2 Å². The first kappa shape index (κ1) is 15.7. The normalized spacial score (nSPS) is 25.7. The SMILES string of the molecule is CSc1ccc(CCC(=O)N2CC(N3C(=O)C4CC4C3=O)C2)cc1. The summed E-state index contributed by atoms with van der Waals surface area (Å²) in [6.45, 7) is 1.00. The van der Waals surface area contributed by atoms with Crippen LogP contribution in [0.25, 0.3) is 0 Å². The molecule has 24 heavy (non-hydrogen) atoms. The number of piperidine rings is 1. The molecule has 3 aliphatic rings. The average molecular weight is 344 g/mol. The summed E-state index contributed by atoms with van der Waals surface area (Å²) in [6.07, 6.45) is 3.97. The van der Waals surface area contributed by atoms with Crippen LogP contribution in [0.1, 0.15) is 18.4 Å². The molecule has 5 nitrogen and oxygen atoms in total.